The van der Waals surface area contributed by atoms with E-state index in [0.29, 0.717) is 12.0 Å². The first-order valence-electron chi connectivity index (χ1n) is 7.09. The molecule has 1 rings (SSSR count). The summed E-state index contributed by atoms with van der Waals surface area (Å²) in [7, 11) is 0. The van der Waals surface area contributed by atoms with Crippen molar-refractivity contribution >= 4 is 15.9 Å². The van der Waals surface area contributed by atoms with Gasteiger partial charge in [-0.2, -0.15) is 0 Å². The smallest absolute Gasteiger partial charge is 0.0499 e. The van der Waals surface area contributed by atoms with E-state index in [0.717, 1.165) is 11.0 Å². The van der Waals surface area contributed by atoms with Crippen LogP contribution in [0.2, 0.25) is 0 Å². The molecule has 1 aromatic rings. The average molecular weight is 327 g/mol. The van der Waals surface area contributed by atoms with Crippen molar-refractivity contribution < 1.29 is 0 Å². The van der Waals surface area contributed by atoms with Crippen LogP contribution in [0.15, 0.2) is 28.7 Å². The van der Waals surface area contributed by atoms with Crippen molar-refractivity contribution in [3.63, 3.8) is 0 Å². The van der Waals surface area contributed by atoms with E-state index in [-0.39, 0.29) is 12.1 Å². The molecule has 2 atom stereocenters. The highest BCUT2D eigenvalue weighted by Crippen LogP contribution is 2.27. The van der Waals surface area contributed by atoms with Gasteiger partial charge in [-0.25, -0.2) is 0 Å². The largest absolute Gasteiger partial charge is 0.326 e. The normalized spacial score (nSPS) is 15.3. The third kappa shape index (κ3) is 4.90. The van der Waals surface area contributed by atoms with Gasteiger partial charge in [0.05, 0.1) is 0 Å². The van der Waals surface area contributed by atoms with Crippen molar-refractivity contribution in [2.24, 2.45) is 11.7 Å². The molecule has 2 nitrogen and oxygen atoms in total. The Morgan fingerprint density at radius 2 is 1.58 bits per heavy atom. The maximum Gasteiger partial charge on any atom is 0.0499 e. The van der Waals surface area contributed by atoms with Crippen LogP contribution in [0.1, 0.15) is 46.2 Å². The predicted octanol–water partition coefficient (Wildman–Crippen LogP) is 4.20. The standard InChI is InChI=1S/C16H27BrN2/c1-11(2)10-19(12(3)4)16(13(5)18)14-6-8-15(17)9-7-14/h6-9,11-13,16H,10,18H2,1-5H3. The van der Waals surface area contributed by atoms with Crippen molar-refractivity contribution in [2.45, 2.75) is 52.7 Å². The lowest BCUT2D eigenvalue weighted by Crippen LogP contribution is -2.44. The summed E-state index contributed by atoms with van der Waals surface area (Å²) in [6.45, 7) is 12.2. The minimum absolute atomic E-state index is 0.113. The molecule has 2 N–H and O–H groups in total. The Morgan fingerprint density at radius 3 is 1.95 bits per heavy atom. The van der Waals surface area contributed by atoms with E-state index in [2.05, 4.69) is 79.7 Å². The maximum absolute atomic E-state index is 6.27. The summed E-state index contributed by atoms with van der Waals surface area (Å²) in [6, 6.07) is 9.42. The van der Waals surface area contributed by atoms with Gasteiger partial charge < -0.3 is 5.73 Å². The molecule has 3 heteroatoms. The molecule has 0 radical (unpaired) electrons. The Labute approximate surface area is 126 Å². The monoisotopic (exact) mass is 326 g/mol. The lowest BCUT2D eigenvalue weighted by Gasteiger charge is -2.38. The number of benzene rings is 1. The number of hydrogen-bond acceptors (Lipinski definition) is 2. The first-order valence-corrected chi connectivity index (χ1v) is 7.89. The van der Waals surface area contributed by atoms with Gasteiger partial charge in [0, 0.05) is 29.1 Å². The second-order valence-electron chi connectivity index (χ2n) is 6.04. The minimum Gasteiger partial charge on any atom is -0.326 e. The molecule has 0 amide bonds. The van der Waals surface area contributed by atoms with E-state index >= 15 is 0 Å². The number of rotatable bonds is 6. The van der Waals surface area contributed by atoms with E-state index in [1.807, 2.05) is 0 Å². The van der Waals surface area contributed by atoms with Crippen LogP contribution < -0.4 is 5.73 Å². The molecule has 0 spiro atoms. The SMILES string of the molecule is CC(C)CN(C(C)C)C(c1ccc(Br)cc1)C(C)N. The van der Waals surface area contributed by atoms with Crippen molar-refractivity contribution in [3.05, 3.63) is 34.3 Å². The lowest BCUT2D eigenvalue weighted by molar-refractivity contribution is 0.119. The van der Waals surface area contributed by atoms with Crippen LogP contribution in [0.4, 0.5) is 0 Å². The van der Waals surface area contributed by atoms with Crippen LogP contribution in [0.5, 0.6) is 0 Å². The van der Waals surface area contributed by atoms with Crippen molar-refractivity contribution in [1.29, 1.82) is 0 Å². The summed E-state index contributed by atoms with van der Waals surface area (Å²) in [6.07, 6.45) is 0. The summed E-state index contributed by atoms with van der Waals surface area (Å²) < 4.78 is 1.11. The third-order valence-electron chi connectivity index (χ3n) is 3.31. The van der Waals surface area contributed by atoms with Gasteiger partial charge in [0.25, 0.3) is 0 Å². The highest BCUT2D eigenvalue weighted by atomic mass is 79.9. The Hall–Kier alpha value is -0.380. The van der Waals surface area contributed by atoms with E-state index in [9.17, 15) is 0 Å². The molecule has 0 aliphatic heterocycles. The highest BCUT2D eigenvalue weighted by molar-refractivity contribution is 9.10. The second kappa shape index (κ2) is 7.41. The van der Waals surface area contributed by atoms with Gasteiger partial charge in [-0.15, -0.1) is 0 Å². The van der Waals surface area contributed by atoms with Crippen molar-refractivity contribution in [3.8, 4) is 0 Å². The first kappa shape index (κ1) is 16.7. The van der Waals surface area contributed by atoms with E-state index < -0.39 is 0 Å². The molecular weight excluding hydrogens is 300 g/mol. The van der Waals surface area contributed by atoms with Gasteiger partial charge in [0.15, 0.2) is 0 Å². The Kier molecular flexibility index (Phi) is 6.51. The van der Waals surface area contributed by atoms with Crippen LogP contribution in [0.3, 0.4) is 0 Å². The van der Waals surface area contributed by atoms with Crippen molar-refractivity contribution in [2.75, 3.05) is 6.54 Å². The Bertz CT molecular complexity index is 371. The molecule has 0 aliphatic carbocycles. The second-order valence-corrected chi connectivity index (χ2v) is 6.96. The molecule has 19 heavy (non-hydrogen) atoms. The van der Waals surface area contributed by atoms with E-state index in [4.69, 9.17) is 5.73 Å². The van der Waals surface area contributed by atoms with Gasteiger partial charge in [-0.1, -0.05) is 41.9 Å². The van der Waals surface area contributed by atoms with Crippen molar-refractivity contribution in [1.82, 2.24) is 4.90 Å². The predicted molar refractivity (Wildman–Crippen MR) is 87.2 cm³/mol. The number of halogens is 1. The van der Waals surface area contributed by atoms with Gasteiger partial charge in [-0.05, 0) is 44.4 Å². The molecule has 2 unspecified atom stereocenters. The quantitative estimate of drug-likeness (QED) is 0.848. The summed E-state index contributed by atoms with van der Waals surface area (Å²) in [4.78, 5) is 2.51. The fraction of sp³-hybridized carbons (Fsp3) is 0.625. The zero-order valence-electron chi connectivity index (χ0n) is 12.7. The lowest BCUT2D eigenvalue weighted by atomic mass is 9.96. The Morgan fingerprint density at radius 1 is 1.05 bits per heavy atom. The van der Waals surface area contributed by atoms with Crippen LogP contribution in [0, 0.1) is 5.92 Å². The topological polar surface area (TPSA) is 29.3 Å². The van der Waals surface area contributed by atoms with Crippen LogP contribution in [-0.2, 0) is 0 Å². The molecule has 0 aliphatic rings. The van der Waals surface area contributed by atoms with Gasteiger partial charge >= 0.3 is 0 Å². The Balaban J connectivity index is 3.06. The molecule has 0 heterocycles. The molecule has 108 valence electrons. The number of nitrogens with zero attached hydrogens (tertiary/aromatic N) is 1. The molecule has 0 bridgehead atoms. The fourth-order valence-corrected chi connectivity index (χ4v) is 2.79. The molecule has 0 aromatic heterocycles. The van der Waals surface area contributed by atoms with E-state index in [1.165, 1.54) is 5.56 Å². The van der Waals surface area contributed by atoms with Gasteiger partial charge in [-0.3, -0.25) is 4.90 Å². The number of nitrogens with two attached hydrogens (primary N) is 1. The maximum atomic E-state index is 6.27. The summed E-state index contributed by atoms with van der Waals surface area (Å²) in [5, 5.41) is 0. The molecule has 0 saturated carbocycles. The minimum atomic E-state index is 0.113. The fourth-order valence-electron chi connectivity index (χ4n) is 2.52. The molecule has 0 saturated heterocycles. The molecule has 1 aromatic carbocycles. The van der Waals surface area contributed by atoms with Crippen LogP contribution in [-0.4, -0.2) is 23.5 Å². The first-order chi connectivity index (χ1) is 8.82. The zero-order valence-corrected chi connectivity index (χ0v) is 14.3. The highest BCUT2D eigenvalue weighted by Gasteiger charge is 2.26. The molecule has 0 fully saturated rings. The number of hydrogen-bond donors (Lipinski definition) is 1. The summed E-state index contributed by atoms with van der Waals surface area (Å²) in [5.74, 6) is 0.638. The summed E-state index contributed by atoms with van der Waals surface area (Å²) >= 11 is 3.49. The van der Waals surface area contributed by atoms with Gasteiger partial charge in [0.1, 0.15) is 0 Å². The zero-order chi connectivity index (χ0) is 14.6. The van der Waals surface area contributed by atoms with E-state index in [1.54, 1.807) is 0 Å². The van der Waals surface area contributed by atoms with Crippen LogP contribution >= 0.6 is 15.9 Å². The van der Waals surface area contributed by atoms with Crippen LogP contribution in [0.25, 0.3) is 0 Å². The molecular formula is C16H27BrN2. The third-order valence-corrected chi connectivity index (χ3v) is 3.83. The summed E-state index contributed by atoms with van der Waals surface area (Å²) in [5.41, 5.74) is 7.57. The van der Waals surface area contributed by atoms with Gasteiger partial charge in [0.2, 0.25) is 0 Å². The average Bonchev–Trinajstić information content (AvgIpc) is 2.29.